The number of hydrogen-bond donors (Lipinski definition) is 9. The minimum absolute atomic E-state index is 0.0280. The number of ether oxygens (including phenoxy) is 1. The summed E-state index contributed by atoms with van der Waals surface area (Å²) in [4.78, 5) is 31.2. The molecule has 1 fully saturated rings. The summed E-state index contributed by atoms with van der Waals surface area (Å²) in [5.74, 6) is 7.29. The normalized spacial score (nSPS) is 21.9. The molecule has 0 radical (unpaired) electrons. The highest BCUT2D eigenvalue weighted by Gasteiger charge is 2.43. The highest BCUT2D eigenvalue weighted by Crippen LogP contribution is 2.50. The van der Waals surface area contributed by atoms with E-state index in [-0.39, 0.29) is 73.3 Å². The standard InChI is InChI=1S/C59H69N3O9S2/c60-58(61)49-29-42-6-3-7-52-47(18-23-62-52)55(69)31-50-48(42)30-43(49)35-72-73-36-44-32-59(33-56(44)70,21-16-38(26-46(66)34-64)8-12-40-4-1-2-5-41(40)19-24-63)22-17-45(65)13-9-37-11-15-54(68)57(28-37)71-25-20-39-10-14-53(67)51(50)27-39/h1-2,4-5,10-11,14-15,17-18,22-23,27-30,38,44,46,50,56,58,62-64,66-68,70H,7-9,12-13,16,19-21,24-26,31-36,60-61H2/b22-17+/t38-,44-,46-,50+,56+,59-/m0/s1. The number of carbonyl (C=O) groups is 2. The van der Waals surface area contributed by atoms with Crippen LogP contribution in [0.2, 0.25) is 0 Å². The fourth-order valence-corrected chi connectivity index (χ4v) is 13.5. The van der Waals surface area contributed by atoms with E-state index in [4.69, 9.17) is 16.2 Å². The van der Waals surface area contributed by atoms with Crippen LogP contribution in [0.15, 0.2) is 97.2 Å². The molecule has 8 rings (SSSR count). The molecule has 1 saturated carbocycles. The third-order valence-electron chi connectivity index (χ3n) is 15.1. The van der Waals surface area contributed by atoms with E-state index >= 15 is 0 Å². The number of aryl methyl sites for hydroxylation is 2. The van der Waals surface area contributed by atoms with Gasteiger partial charge in [0, 0.05) is 71.9 Å². The summed E-state index contributed by atoms with van der Waals surface area (Å²) < 4.78 is 6.16. The van der Waals surface area contributed by atoms with Crippen LogP contribution in [-0.2, 0) is 42.7 Å². The van der Waals surface area contributed by atoms with Gasteiger partial charge in [0.1, 0.15) is 5.75 Å². The number of rotatable bonds is 12. The van der Waals surface area contributed by atoms with E-state index in [0.717, 1.165) is 57.5 Å². The van der Waals surface area contributed by atoms with Crippen molar-refractivity contribution in [3.8, 4) is 29.1 Å². The Bertz CT molecular complexity index is 2820. The van der Waals surface area contributed by atoms with Crippen LogP contribution in [0.5, 0.6) is 17.2 Å². The first-order valence-electron chi connectivity index (χ1n) is 25.6. The lowest BCUT2D eigenvalue weighted by atomic mass is 9.76. The molecule has 14 heteroatoms. The molecule has 3 aliphatic rings. The minimum atomic E-state index is -0.876. The first-order valence-corrected chi connectivity index (χ1v) is 28.0. The molecule has 386 valence electrons. The number of nitrogens with one attached hydrogen (secondary N) is 1. The Hall–Kier alpha value is -5.34. The lowest BCUT2D eigenvalue weighted by Crippen LogP contribution is -2.22. The molecule has 6 atom stereocenters. The second kappa shape index (κ2) is 25.3. The van der Waals surface area contributed by atoms with E-state index in [1.807, 2.05) is 48.5 Å². The molecular weight excluding hydrogens is 959 g/mol. The number of allylic oxidation sites excluding steroid dienone is 2. The number of carbonyl (C=O) groups excluding carboxylic acids is 2. The fraction of sp³-hybridized carbons (Fsp3) is 0.424. The molecule has 11 N–H and O–H groups in total. The SMILES string of the molecule is NC(N)c1cc2c3cc1CSSC[C@@H]1C[C@](CC[C@H](CCc4ccccc4CCO)C[C@H](O)CO)(/C=C/C(=O)CCc4ccc(O)c(c4)OCCc4ccc(O)c(c4)[C@@H]3CC(=O)c3cc[nH]c3CC#C2)C[C@H]1O. The zero-order chi connectivity index (χ0) is 51.5. The molecule has 0 saturated heterocycles. The largest absolute Gasteiger partial charge is 0.508 e. The lowest BCUT2D eigenvalue weighted by Gasteiger charge is -2.29. The molecule has 8 bridgehead atoms. The van der Waals surface area contributed by atoms with Crippen molar-refractivity contribution in [3.05, 3.63) is 159 Å². The van der Waals surface area contributed by atoms with Gasteiger partial charge in [0.15, 0.2) is 23.1 Å². The van der Waals surface area contributed by atoms with Crippen LogP contribution in [0.3, 0.4) is 0 Å². The molecule has 1 aliphatic heterocycles. The highest BCUT2D eigenvalue weighted by molar-refractivity contribution is 8.76. The average Bonchev–Trinajstić information content (AvgIpc) is 3.99. The second-order valence-corrected chi connectivity index (χ2v) is 22.7. The number of aliphatic hydroxyl groups is 4. The Morgan fingerprint density at radius 3 is 2.42 bits per heavy atom. The first-order chi connectivity index (χ1) is 35.3. The van der Waals surface area contributed by atoms with Gasteiger partial charge in [-0.25, -0.2) is 0 Å². The molecule has 1 aromatic heterocycles. The van der Waals surface area contributed by atoms with Gasteiger partial charge < -0.3 is 51.8 Å². The number of aromatic nitrogens is 1. The summed E-state index contributed by atoms with van der Waals surface area (Å²) in [5, 5.41) is 64.6. The third-order valence-corrected chi connectivity index (χ3v) is 17.5. The number of hydrogen-bond acceptors (Lipinski definition) is 13. The van der Waals surface area contributed by atoms with Crippen LogP contribution >= 0.6 is 21.6 Å². The van der Waals surface area contributed by atoms with Gasteiger partial charge in [0.05, 0.1) is 38.0 Å². The number of Topliss-reactive ketones (excluding diaryl/α,β-unsaturated/α-hetero) is 1. The van der Waals surface area contributed by atoms with Crippen molar-refractivity contribution in [2.45, 2.75) is 114 Å². The molecule has 2 heterocycles. The summed E-state index contributed by atoms with van der Waals surface area (Å²) in [7, 11) is 3.28. The van der Waals surface area contributed by atoms with E-state index in [2.05, 4.69) is 22.9 Å². The van der Waals surface area contributed by atoms with Gasteiger partial charge in [0.25, 0.3) is 0 Å². The van der Waals surface area contributed by atoms with E-state index in [1.165, 1.54) is 0 Å². The molecule has 2 aliphatic carbocycles. The second-order valence-electron chi connectivity index (χ2n) is 20.2. The summed E-state index contributed by atoms with van der Waals surface area (Å²) >= 11 is 0. The topological polar surface area (TPSA) is 233 Å². The average molecular weight is 1030 g/mol. The Morgan fingerprint density at radius 2 is 1.64 bits per heavy atom. The number of benzene rings is 4. The van der Waals surface area contributed by atoms with Gasteiger partial charge in [0.2, 0.25) is 0 Å². The zero-order valence-corrected chi connectivity index (χ0v) is 42.9. The number of phenols is 2. The molecular formula is C59H69N3O9S2. The summed E-state index contributed by atoms with van der Waals surface area (Å²) in [6.45, 7) is -0.0917. The molecule has 0 spiro atoms. The number of aromatic hydroxyl groups is 2. The zero-order valence-electron chi connectivity index (χ0n) is 41.3. The van der Waals surface area contributed by atoms with Gasteiger partial charge in [-0.2, -0.15) is 0 Å². The van der Waals surface area contributed by atoms with Crippen molar-refractivity contribution in [1.29, 1.82) is 0 Å². The van der Waals surface area contributed by atoms with Crippen molar-refractivity contribution in [1.82, 2.24) is 4.98 Å². The first kappa shape index (κ1) is 53.9. The summed E-state index contributed by atoms with van der Waals surface area (Å²) in [5.41, 5.74) is 21.3. The van der Waals surface area contributed by atoms with Crippen molar-refractivity contribution in [2.24, 2.45) is 28.7 Å². The molecule has 4 aromatic carbocycles. The monoisotopic (exact) mass is 1030 g/mol. The Morgan fingerprint density at radius 1 is 0.863 bits per heavy atom. The van der Waals surface area contributed by atoms with Crippen LogP contribution < -0.4 is 16.2 Å². The molecule has 0 amide bonds. The molecule has 12 nitrogen and oxygen atoms in total. The van der Waals surface area contributed by atoms with Crippen molar-refractivity contribution in [3.63, 3.8) is 0 Å². The van der Waals surface area contributed by atoms with Crippen LogP contribution in [0, 0.1) is 29.1 Å². The van der Waals surface area contributed by atoms with Crippen molar-refractivity contribution < 1.29 is 45.0 Å². The maximum absolute atomic E-state index is 14.3. The van der Waals surface area contributed by atoms with Crippen LogP contribution in [0.4, 0.5) is 0 Å². The van der Waals surface area contributed by atoms with Gasteiger partial charge in [-0.05, 0) is 150 Å². The number of fused-ring (bicyclic) bond motifs is 9. The predicted octanol–water partition coefficient (Wildman–Crippen LogP) is 8.29. The van der Waals surface area contributed by atoms with Crippen molar-refractivity contribution >= 4 is 33.2 Å². The van der Waals surface area contributed by atoms with Crippen LogP contribution in [0.25, 0.3) is 0 Å². The Labute approximate surface area is 436 Å². The number of aromatic amines is 1. The maximum Gasteiger partial charge on any atom is 0.165 e. The minimum Gasteiger partial charge on any atom is -0.508 e. The van der Waals surface area contributed by atoms with Gasteiger partial charge in [-0.15, -0.1) is 0 Å². The highest BCUT2D eigenvalue weighted by atomic mass is 33.1. The third kappa shape index (κ3) is 13.9. The molecule has 5 aromatic rings. The Balaban J connectivity index is 1.11. The smallest absolute Gasteiger partial charge is 0.165 e. The summed E-state index contributed by atoms with van der Waals surface area (Å²) in [6.07, 6.45) is 9.55. The number of aliphatic hydroxyl groups excluding tert-OH is 4. The number of nitrogens with two attached hydrogens (primary N) is 2. The van der Waals surface area contributed by atoms with E-state index < -0.39 is 29.7 Å². The molecule has 0 unspecified atom stereocenters. The van der Waals surface area contributed by atoms with E-state index in [1.54, 1.807) is 64.2 Å². The predicted molar refractivity (Wildman–Crippen MR) is 289 cm³/mol. The number of H-pyrrole nitrogens is 1. The van der Waals surface area contributed by atoms with Gasteiger partial charge in [-0.1, -0.05) is 88.0 Å². The number of ketones is 2. The number of phenolic OH excluding ortho intramolecular Hbond substituents is 2. The summed E-state index contributed by atoms with van der Waals surface area (Å²) in [6, 6.07) is 24.3. The fourth-order valence-electron chi connectivity index (χ4n) is 11.0. The lowest BCUT2D eigenvalue weighted by molar-refractivity contribution is -0.114. The van der Waals surface area contributed by atoms with Gasteiger partial charge in [-0.3, -0.25) is 9.59 Å². The molecule has 73 heavy (non-hydrogen) atoms. The van der Waals surface area contributed by atoms with Crippen molar-refractivity contribution in [2.75, 3.05) is 25.6 Å². The Kier molecular flexibility index (Phi) is 18.7. The van der Waals surface area contributed by atoms with E-state index in [9.17, 15) is 40.2 Å². The maximum atomic E-state index is 14.3. The van der Waals surface area contributed by atoms with Crippen LogP contribution in [0.1, 0.15) is 130 Å². The van der Waals surface area contributed by atoms with Gasteiger partial charge >= 0.3 is 0 Å². The quantitative estimate of drug-likeness (QED) is 0.0326. The van der Waals surface area contributed by atoms with E-state index in [0.29, 0.717) is 86.0 Å². The van der Waals surface area contributed by atoms with Crippen LogP contribution in [-0.4, -0.2) is 85.0 Å².